The van der Waals surface area contributed by atoms with E-state index in [4.69, 9.17) is 4.98 Å². The van der Waals surface area contributed by atoms with Crippen LogP contribution in [0.5, 0.6) is 0 Å². The van der Waals surface area contributed by atoms with Crippen LogP contribution >= 0.6 is 11.3 Å². The highest BCUT2D eigenvalue weighted by atomic mass is 32.1. The van der Waals surface area contributed by atoms with Gasteiger partial charge in [0.2, 0.25) is 0 Å². The van der Waals surface area contributed by atoms with Crippen molar-refractivity contribution in [3.63, 3.8) is 0 Å². The van der Waals surface area contributed by atoms with Crippen LogP contribution in [0.1, 0.15) is 35.9 Å². The lowest BCUT2D eigenvalue weighted by atomic mass is 9.94. The van der Waals surface area contributed by atoms with Gasteiger partial charge in [-0.2, -0.15) is 0 Å². The summed E-state index contributed by atoms with van der Waals surface area (Å²) in [5, 5.41) is 5.01. The molecule has 1 aromatic carbocycles. The average molecular weight is 258 g/mol. The molecule has 0 radical (unpaired) electrons. The topological polar surface area (TPSA) is 24.9 Å². The third kappa shape index (κ3) is 1.61. The van der Waals surface area contributed by atoms with Crippen LogP contribution in [-0.4, -0.2) is 11.5 Å². The van der Waals surface area contributed by atoms with Gasteiger partial charge in [-0.1, -0.05) is 12.5 Å². The van der Waals surface area contributed by atoms with Gasteiger partial charge in [0.15, 0.2) is 0 Å². The highest BCUT2D eigenvalue weighted by Crippen LogP contribution is 2.45. The minimum Gasteiger partial charge on any atom is -0.307 e. The Bertz CT molecular complexity index is 589. The van der Waals surface area contributed by atoms with Crippen LogP contribution in [0.2, 0.25) is 0 Å². The standard InChI is InChI=1S/C15H18N2S/c1-9-5-6-12-13(7-9)18-15(17-12)14-11-4-2-3-10(11)8-16-14/h5-7,10-11,14,16H,2-4,8H2,1H3. The normalized spacial score (nSPS) is 31.1. The zero-order valence-corrected chi connectivity index (χ0v) is 11.5. The molecule has 3 atom stereocenters. The number of nitrogens with one attached hydrogen (secondary N) is 1. The van der Waals surface area contributed by atoms with E-state index in [1.807, 2.05) is 11.3 Å². The first-order chi connectivity index (χ1) is 8.81. The van der Waals surface area contributed by atoms with Gasteiger partial charge in [0.05, 0.1) is 16.3 Å². The molecule has 18 heavy (non-hydrogen) atoms. The fraction of sp³-hybridized carbons (Fsp3) is 0.533. The first-order valence-electron chi connectivity index (χ1n) is 6.92. The first-order valence-corrected chi connectivity index (χ1v) is 7.73. The summed E-state index contributed by atoms with van der Waals surface area (Å²) >= 11 is 1.88. The summed E-state index contributed by atoms with van der Waals surface area (Å²) in [6, 6.07) is 7.10. The molecule has 2 fully saturated rings. The molecule has 94 valence electrons. The van der Waals surface area contributed by atoms with E-state index >= 15 is 0 Å². The van der Waals surface area contributed by atoms with Gasteiger partial charge in [0.1, 0.15) is 5.01 Å². The van der Waals surface area contributed by atoms with Crippen molar-refractivity contribution in [1.82, 2.24) is 10.3 Å². The van der Waals surface area contributed by atoms with E-state index in [-0.39, 0.29) is 0 Å². The van der Waals surface area contributed by atoms with E-state index in [2.05, 4.69) is 30.4 Å². The summed E-state index contributed by atoms with van der Waals surface area (Å²) in [6.45, 7) is 3.35. The van der Waals surface area contributed by atoms with Crippen molar-refractivity contribution < 1.29 is 0 Å². The van der Waals surface area contributed by atoms with Gasteiger partial charge in [-0.3, -0.25) is 0 Å². The van der Waals surface area contributed by atoms with Crippen LogP contribution < -0.4 is 5.32 Å². The number of thiazole rings is 1. The zero-order valence-electron chi connectivity index (χ0n) is 10.6. The summed E-state index contributed by atoms with van der Waals surface area (Å²) in [5.41, 5.74) is 2.50. The highest BCUT2D eigenvalue weighted by Gasteiger charge is 2.40. The largest absolute Gasteiger partial charge is 0.307 e. The van der Waals surface area contributed by atoms with Gasteiger partial charge in [-0.05, 0) is 55.8 Å². The van der Waals surface area contributed by atoms with E-state index in [9.17, 15) is 0 Å². The number of benzene rings is 1. The summed E-state index contributed by atoms with van der Waals surface area (Å²) in [6.07, 6.45) is 4.22. The van der Waals surface area contributed by atoms with Gasteiger partial charge < -0.3 is 5.32 Å². The second-order valence-corrected chi connectivity index (χ2v) is 6.83. The molecule has 1 N–H and O–H groups in total. The van der Waals surface area contributed by atoms with Crippen LogP contribution in [0.25, 0.3) is 10.2 Å². The quantitative estimate of drug-likeness (QED) is 0.844. The van der Waals surface area contributed by atoms with Crippen LogP contribution in [0.4, 0.5) is 0 Å². The third-order valence-electron chi connectivity index (χ3n) is 4.57. The van der Waals surface area contributed by atoms with E-state index < -0.39 is 0 Å². The van der Waals surface area contributed by atoms with Crippen molar-refractivity contribution in [2.45, 2.75) is 32.2 Å². The lowest BCUT2D eigenvalue weighted by molar-refractivity contribution is 0.421. The Hall–Kier alpha value is -0.930. The molecule has 1 saturated heterocycles. The molecule has 1 aromatic heterocycles. The number of hydrogen-bond acceptors (Lipinski definition) is 3. The summed E-state index contributed by atoms with van der Waals surface area (Å²) < 4.78 is 1.34. The fourth-order valence-corrected chi connectivity index (χ4v) is 4.86. The molecule has 1 aliphatic heterocycles. The molecule has 0 spiro atoms. The van der Waals surface area contributed by atoms with E-state index in [0.717, 1.165) is 11.8 Å². The van der Waals surface area contributed by atoms with Crippen molar-refractivity contribution in [3.05, 3.63) is 28.8 Å². The Morgan fingerprint density at radius 2 is 2.28 bits per heavy atom. The highest BCUT2D eigenvalue weighted by molar-refractivity contribution is 7.18. The number of rotatable bonds is 1. The second kappa shape index (κ2) is 4.04. The molecule has 2 heterocycles. The van der Waals surface area contributed by atoms with Gasteiger partial charge in [0, 0.05) is 0 Å². The Morgan fingerprint density at radius 3 is 3.22 bits per heavy atom. The molecule has 3 heteroatoms. The number of nitrogens with zero attached hydrogens (tertiary/aromatic N) is 1. The molecular weight excluding hydrogens is 240 g/mol. The van der Waals surface area contributed by atoms with Crippen molar-refractivity contribution >= 4 is 21.6 Å². The van der Waals surface area contributed by atoms with Crippen LogP contribution in [0, 0.1) is 18.8 Å². The smallest absolute Gasteiger partial charge is 0.111 e. The maximum atomic E-state index is 4.85. The summed E-state index contributed by atoms with van der Waals surface area (Å²) in [5.74, 6) is 1.75. The van der Waals surface area contributed by atoms with Gasteiger partial charge in [-0.25, -0.2) is 4.98 Å². The lowest BCUT2D eigenvalue weighted by Crippen LogP contribution is -2.17. The second-order valence-electron chi connectivity index (χ2n) is 5.76. The van der Waals surface area contributed by atoms with E-state index in [0.29, 0.717) is 6.04 Å². The van der Waals surface area contributed by atoms with Crippen LogP contribution in [0.3, 0.4) is 0 Å². The predicted molar refractivity (Wildman–Crippen MR) is 75.9 cm³/mol. The van der Waals surface area contributed by atoms with Crippen molar-refractivity contribution in [2.75, 3.05) is 6.54 Å². The number of aryl methyl sites for hydroxylation is 1. The molecule has 2 nitrogen and oxygen atoms in total. The Kier molecular flexibility index (Phi) is 2.45. The zero-order chi connectivity index (χ0) is 12.1. The number of fused-ring (bicyclic) bond motifs is 2. The Morgan fingerprint density at radius 1 is 1.33 bits per heavy atom. The van der Waals surface area contributed by atoms with Gasteiger partial charge >= 0.3 is 0 Å². The Balaban J connectivity index is 1.74. The fourth-order valence-electron chi connectivity index (χ4n) is 3.64. The molecular formula is C15H18N2S. The molecule has 1 saturated carbocycles. The van der Waals surface area contributed by atoms with Gasteiger partial charge in [0.25, 0.3) is 0 Å². The molecule has 0 bridgehead atoms. The number of aromatic nitrogens is 1. The van der Waals surface area contributed by atoms with Crippen LogP contribution in [0.15, 0.2) is 18.2 Å². The predicted octanol–water partition coefficient (Wildman–Crippen LogP) is 3.67. The van der Waals surface area contributed by atoms with Crippen molar-refractivity contribution in [1.29, 1.82) is 0 Å². The molecule has 2 aromatic rings. The average Bonchev–Trinajstić information content (AvgIpc) is 3.00. The summed E-state index contributed by atoms with van der Waals surface area (Å²) in [4.78, 5) is 4.85. The van der Waals surface area contributed by atoms with E-state index in [1.54, 1.807) is 0 Å². The van der Waals surface area contributed by atoms with Crippen LogP contribution in [-0.2, 0) is 0 Å². The first kappa shape index (κ1) is 10.9. The van der Waals surface area contributed by atoms with E-state index in [1.165, 1.54) is 46.6 Å². The van der Waals surface area contributed by atoms with Crippen molar-refractivity contribution in [2.24, 2.45) is 11.8 Å². The monoisotopic (exact) mass is 258 g/mol. The minimum atomic E-state index is 0.523. The molecule has 0 amide bonds. The SMILES string of the molecule is Cc1ccc2nc(C3NCC4CCCC43)sc2c1. The lowest BCUT2D eigenvalue weighted by Gasteiger charge is -2.14. The maximum Gasteiger partial charge on any atom is 0.111 e. The van der Waals surface area contributed by atoms with Crippen molar-refractivity contribution in [3.8, 4) is 0 Å². The molecule has 1 aliphatic carbocycles. The molecule has 3 unspecified atom stereocenters. The Labute approximate surface area is 111 Å². The number of hydrogen-bond donors (Lipinski definition) is 1. The minimum absolute atomic E-state index is 0.523. The summed E-state index contributed by atoms with van der Waals surface area (Å²) in [7, 11) is 0. The molecule has 4 rings (SSSR count). The van der Waals surface area contributed by atoms with Gasteiger partial charge in [-0.15, -0.1) is 11.3 Å². The third-order valence-corrected chi connectivity index (χ3v) is 5.67. The molecule has 2 aliphatic rings. The maximum absolute atomic E-state index is 4.85.